The summed E-state index contributed by atoms with van der Waals surface area (Å²) in [5.74, 6) is -0.855. The number of carbonyl (C=O) groups excluding carboxylic acids is 1. The van der Waals surface area contributed by atoms with Gasteiger partial charge in [-0.3, -0.25) is 9.78 Å². The van der Waals surface area contributed by atoms with Crippen molar-refractivity contribution in [3.05, 3.63) is 102 Å². The number of allylic oxidation sites excluding steroid dienone is 2. The number of aryl methyl sites for hydroxylation is 1. The summed E-state index contributed by atoms with van der Waals surface area (Å²) in [6.45, 7) is 14.1. The standard InChI is InChI=1S/C24H14F2N.C15H28O2.Ir/c1-14-8-17(9-15-4-2-3-5-19(14)15)24-12-21-16(13-27-24)6-7-20-22(21)10-18(25)11-23(20)26;1-7-14(5,8-2)12(16)11-13(17)15(6,9-3)10-4;/h2-8,10-13H,1H3;11,16H,7-10H2,1-6H3;/q-1;;/b;12-11-;. The third-order valence-corrected chi connectivity index (χ3v) is 9.61. The van der Waals surface area contributed by atoms with Crippen LogP contribution in [0.25, 0.3) is 43.6 Å². The fraction of sp³-hybridized carbons (Fsp3) is 0.333. The van der Waals surface area contributed by atoms with Crippen LogP contribution in [0.2, 0.25) is 0 Å². The van der Waals surface area contributed by atoms with Gasteiger partial charge in [-0.1, -0.05) is 95.8 Å². The van der Waals surface area contributed by atoms with Crippen LogP contribution in [0.4, 0.5) is 8.78 Å². The van der Waals surface area contributed by atoms with E-state index >= 15 is 0 Å². The van der Waals surface area contributed by atoms with Crippen molar-refractivity contribution in [2.75, 3.05) is 0 Å². The zero-order valence-corrected chi connectivity index (χ0v) is 29.5. The van der Waals surface area contributed by atoms with Gasteiger partial charge in [-0.15, -0.1) is 29.1 Å². The molecule has 0 amide bonds. The summed E-state index contributed by atoms with van der Waals surface area (Å²) in [4.78, 5) is 16.7. The number of aliphatic hydroxyl groups is 1. The SMILES string of the molecule is CCC(C)(CC)C(=O)/C=C(\O)C(C)(CC)CC.Cc1cc(-c2cc3c(ccc4c(F)cc(F)cc43)cn2)[c-]c2ccccc12.[Ir]. The summed E-state index contributed by atoms with van der Waals surface area (Å²) in [5.41, 5.74) is 2.13. The van der Waals surface area contributed by atoms with Gasteiger partial charge >= 0.3 is 0 Å². The van der Waals surface area contributed by atoms with Crippen LogP contribution >= 0.6 is 0 Å². The predicted molar refractivity (Wildman–Crippen MR) is 179 cm³/mol. The molecule has 0 bridgehead atoms. The first-order chi connectivity index (χ1) is 20.9. The maximum absolute atomic E-state index is 14.2. The summed E-state index contributed by atoms with van der Waals surface area (Å²) in [6.07, 6.45) is 6.50. The fourth-order valence-electron chi connectivity index (χ4n) is 5.36. The minimum atomic E-state index is -0.584. The molecule has 5 aromatic rings. The number of fused-ring (bicyclic) bond motifs is 4. The van der Waals surface area contributed by atoms with Crippen molar-refractivity contribution < 1.29 is 38.8 Å². The topological polar surface area (TPSA) is 50.2 Å². The molecule has 45 heavy (non-hydrogen) atoms. The number of carbonyl (C=O) groups is 1. The van der Waals surface area contributed by atoms with E-state index < -0.39 is 11.6 Å². The van der Waals surface area contributed by atoms with Crippen LogP contribution in [0, 0.1) is 35.5 Å². The number of benzene rings is 4. The molecular formula is C39H42F2IrNO2-. The molecule has 0 spiro atoms. The van der Waals surface area contributed by atoms with Crippen LogP contribution in [0.1, 0.15) is 72.8 Å². The number of ketones is 1. The molecule has 0 fully saturated rings. The van der Waals surface area contributed by atoms with E-state index in [0.29, 0.717) is 10.8 Å². The van der Waals surface area contributed by atoms with E-state index in [1.165, 1.54) is 12.1 Å². The van der Waals surface area contributed by atoms with Crippen LogP contribution in [0.3, 0.4) is 0 Å². The van der Waals surface area contributed by atoms with E-state index in [-0.39, 0.29) is 42.5 Å². The Kier molecular flexibility index (Phi) is 11.8. The molecule has 0 saturated carbocycles. The monoisotopic (exact) mass is 787 g/mol. The van der Waals surface area contributed by atoms with Gasteiger partial charge in [-0.2, -0.15) is 0 Å². The average Bonchev–Trinajstić information content (AvgIpc) is 3.03. The molecule has 0 unspecified atom stereocenters. The van der Waals surface area contributed by atoms with E-state index in [1.807, 2.05) is 77.9 Å². The number of hydrogen-bond donors (Lipinski definition) is 1. The van der Waals surface area contributed by atoms with Gasteiger partial charge in [0.25, 0.3) is 0 Å². The van der Waals surface area contributed by atoms with Gasteiger partial charge in [-0.05, 0) is 47.9 Å². The van der Waals surface area contributed by atoms with E-state index in [2.05, 4.69) is 24.0 Å². The first-order valence-corrected chi connectivity index (χ1v) is 15.4. The minimum absolute atomic E-state index is 0. The zero-order valence-electron chi connectivity index (χ0n) is 27.1. The molecule has 1 radical (unpaired) electrons. The van der Waals surface area contributed by atoms with E-state index in [4.69, 9.17) is 0 Å². The third kappa shape index (κ3) is 7.51. The number of pyridine rings is 1. The molecule has 5 rings (SSSR count). The summed E-state index contributed by atoms with van der Waals surface area (Å²) in [6, 6.07) is 21.2. The van der Waals surface area contributed by atoms with E-state index in [1.54, 1.807) is 12.3 Å². The Morgan fingerprint density at radius 3 is 2.13 bits per heavy atom. The van der Waals surface area contributed by atoms with Crippen molar-refractivity contribution in [1.82, 2.24) is 4.98 Å². The van der Waals surface area contributed by atoms with Crippen molar-refractivity contribution in [2.45, 2.75) is 74.1 Å². The van der Waals surface area contributed by atoms with Gasteiger partial charge in [0.2, 0.25) is 0 Å². The second-order valence-corrected chi connectivity index (χ2v) is 12.2. The van der Waals surface area contributed by atoms with Crippen molar-refractivity contribution in [2.24, 2.45) is 10.8 Å². The van der Waals surface area contributed by atoms with Crippen molar-refractivity contribution in [1.29, 1.82) is 0 Å². The van der Waals surface area contributed by atoms with Gasteiger partial charge in [0.05, 0.1) is 0 Å². The van der Waals surface area contributed by atoms with Crippen LogP contribution in [-0.2, 0) is 24.9 Å². The Morgan fingerprint density at radius 1 is 0.844 bits per heavy atom. The van der Waals surface area contributed by atoms with Gasteiger partial charge in [0.1, 0.15) is 17.4 Å². The molecule has 0 atom stereocenters. The Morgan fingerprint density at radius 2 is 1.49 bits per heavy atom. The van der Waals surface area contributed by atoms with Gasteiger partial charge < -0.3 is 5.11 Å². The maximum atomic E-state index is 14.2. The van der Waals surface area contributed by atoms with Crippen LogP contribution in [-0.4, -0.2) is 15.9 Å². The molecule has 239 valence electrons. The number of aliphatic hydroxyl groups excluding tert-OH is 1. The smallest absolute Gasteiger partial charge is 0.164 e. The Labute approximate surface area is 279 Å². The molecule has 0 saturated heterocycles. The number of aromatic nitrogens is 1. The number of nitrogens with zero attached hydrogens (tertiary/aromatic N) is 1. The van der Waals surface area contributed by atoms with Gasteiger partial charge in [0.15, 0.2) is 5.78 Å². The van der Waals surface area contributed by atoms with Crippen molar-refractivity contribution in [3.8, 4) is 11.3 Å². The van der Waals surface area contributed by atoms with Crippen LogP contribution in [0.15, 0.2) is 78.7 Å². The normalized spacial score (nSPS) is 12.2. The van der Waals surface area contributed by atoms with E-state index in [0.717, 1.165) is 70.1 Å². The average molecular weight is 787 g/mol. The molecule has 4 aromatic carbocycles. The molecule has 0 aliphatic rings. The zero-order chi connectivity index (χ0) is 32.2. The quantitative estimate of drug-likeness (QED) is 0.0738. The van der Waals surface area contributed by atoms with Crippen LogP contribution < -0.4 is 0 Å². The Bertz CT molecular complexity index is 1860. The fourth-order valence-corrected chi connectivity index (χ4v) is 5.36. The predicted octanol–water partition coefficient (Wildman–Crippen LogP) is 11.2. The Hall–Kier alpha value is -3.47. The van der Waals surface area contributed by atoms with E-state index in [9.17, 15) is 18.7 Å². The summed E-state index contributed by atoms with van der Waals surface area (Å²) < 4.78 is 28.0. The summed E-state index contributed by atoms with van der Waals surface area (Å²) >= 11 is 0. The number of rotatable bonds is 8. The van der Waals surface area contributed by atoms with Gasteiger partial charge in [-0.25, -0.2) is 8.78 Å². The molecule has 0 aliphatic carbocycles. The van der Waals surface area contributed by atoms with Crippen molar-refractivity contribution in [3.63, 3.8) is 0 Å². The third-order valence-electron chi connectivity index (χ3n) is 9.61. The number of hydrogen-bond acceptors (Lipinski definition) is 3. The summed E-state index contributed by atoms with van der Waals surface area (Å²) in [7, 11) is 0. The second-order valence-electron chi connectivity index (χ2n) is 12.2. The van der Waals surface area contributed by atoms with Crippen LogP contribution in [0.5, 0.6) is 0 Å². The molecule has 1 aromatic heterocycles. The molecule has 3 nitrogen and oxygen atoms in total. The minimum Gasteiger partial charge on any atom is -0.512 e. The Balaban J connectivity index is 0.000000270. The first kappa shape index (κ1) is 36.0. The molecule has 1 N–H and O–H groups in total. The molecule has 0 aliphatic heterocycles. The molecular weight excluding hydrogens is 745 g/mol. The molecule has 6 heteroatoms. The largest absolute Gasteiger partial charge is 0.512 e. The second kappa shape index (κ2) is 14.7. The van der Waals surface area contributed by atoms with Crippen molar-refractivity contribution >= 4 is 38.1 Å². The summed E-state index contributed by atoms with van der Waals surface area (Å²) in [5, 5.41) is 14.9. The maximum Gasteiger partial charge on any atom is 0.164 e. The first-order valence-electron chi connectivity index (χ1n) is 15.4. The molecule has 1 heterocycles. The van der Waals surface area contributed by atoms with Gasteiger partial charge in [0, 0.05) is 60.4 Å². The number of halogens is 2.